The molecule has 0 aromatic carbocycles. The first kappa shape index (κ1) is 13.0. The summed E-state index contributed by atoms with van der Waals surface area (Å²) in [5.74, 6) is 4.27. The van der Waals surface area contributed by atoms with Crippen LogP contribution in [0.5, 0.6) is 0 Å². The van der Waals surface area contributed by atoms with E-state index in [0.717, 1.165) is 23.1 Å². The number of carbonyl (C=O) groups is 1. The standard InChI is InChI=1S/C11H17N3OS2/c1-8(2)14-11(12-7-13-14)5-9(15)10-6-16-3-4-17-10/h7-8,10H,3-6H2,1-2H3. The molecular weight excluding hydrogens is 254 g/mol. The minimum Gasteiger partial charge on any atom is -0.298 e. The fraction of sp³-hybridized carbons (Fsp3) is 0.727. The number of hydrogen-bond donors (Lipinski definition) is 0. The van der Waals surface area contributed by atoms with E-state index in [4.69, 9.17) is 0 Å². The van der Waals surface area contributed by atoms with Crippen LogP contribution >= 0.6 is 23.5 Å². The monoisotopic (exact) mass is 271 g/mol. The predicted molar refractivity (Wildman–Crippen MR) is 72.7 cm³/mol. The number of Topliss-reactive ketones (excluding diaryl/α,β-unsaturated/α-hetero) is 1. The maximum absolute atomic E-state index is 12.1. The van der Waals surface area contributed by atoms with Gasteiger partial charge in [-0.2, -0.15) is 16.9 Å². The van der Waals surface area contributed by atoms with Gasteiger partial charge in [0.1, 0.15) is 12.2 Å². The third kappa shape index (κ3) is 3.25. The van der Waals surface area contributed by atoms with Gasteiger partial charge in [-0.05, 0) is 13.8 Å². The third-order valence-corrected chi connectivity index (χ3v) is 5.45. The van der Waals surface area contributed by atoms with Crippen molar-refractivity contribution in [1.82, 2.24) is 14.8 Å². The molecule has 0 radical (unpaired) electrons. The van der Waals surface area contributed by atoms with Gasteiger partial charge in [0, 0.05) is 23.3 Å². The van der Waals surface area contributed by atoms with Crippen LogP contribution in [0.3, 0.4) is 0 Å². The zero-order valence-corrected chi connectivity index (χ0v) is 11.8. The molecule has 1 aromatic rings. The maximum atomic E-state index is 12.1. The average molecular weight is 271 g/mol. The van der Waals surface area contributed by atoms with Crippen LogP contribution in [0.2, 0.25) is 0 Å². The lowest BCUT2D eigenvalue weighted by Gasteiger charge is -2.19. The van der Waals surface area contributed by atoms with Crippen molar-refractivity contribution in [2.24, 2.45) is 0 Å². The summed E-state index contributed by atoms with van der Waals surface area (Å²) in [6.07, 6.45) is 1.95. The largest absolute Gasteiger partial charge is 0.298 e. The van der Waals surface area contributed by atoms with E-state index in [-0.39, 0.29) is 17.1 Å². The quantitative estimate of drug-likeness (QED) is 0.836. The molecule has 2 rings (SSSR count). The van der Waals surface area contributed by atoms with Gasteiger partial charge < -0.3 is 0 Å². The van der Waals surface area contributed by atoms with E-state index in [0.29, 0.717) is 6.42 Å². The molecule has 1 aliphatic rings. The van der Waals surface area contributed by atoms with Crippen molar-refractivity contribution >= 4 is 29.3 Å². The molecule has 1 saturated heterocycles. The smallest absolute Gasteiger partial charge is 0.154 e. The fourth-order valence-corrected chi connectivity index (χ4v) is 4.43. The van der Waals surface area contributed by atoms with Crippen LogP contribution < -0.4 is 0 Å². The molecule has 1 aromatic heterocycles. The lowest BCUT2D eigenvalue weighted by molar-refractivity contribution is -0.117. The van der Waals surface area contributed by atoms with Gasteiger partial charge in [0.05, 0.1) is 11.7 Å². The van der Waals surface area contributed by atoms with E-state index in [1.54, 1.807) is 11.8 Å². The topological polar surface area (TPSA) is 47.8 Å². The highest BCUT2D eigenvalue weighted by atomic mass is 32.2. The Kier molecular flexibility index (Phi) is 4.50. The molecule has 94 valence electrons. The Morgan fingerprint density at radius 2 is 2.41 bits per heavy atom. The Morgan fingerprint density at radius 1 is 1.59 bits per heavy atom. The van der Waals surface area contributed by atoms with Gasteiger partial charge in [0.15, 0.2) is 5.78 Å². The number of nitrogens with zero attached hydrogens (tertiary/aromatic N) is 3. The summed E-state index contributed by atoms with van der Waals surface area (Å²) in [5.41, 5.74) is 0. The molecule has 1 atom stereocenters. The molecular formula is C11H17N3OS2. The van der Waals surface area contributed by atoms with Crippen LogP contribution in [0.25, 0.3) is 0 Å². The fourth-order valence-electron chi connectivity index (χ4n) is 1.78. The normalized spacial score (nSPS) is 20.8. The Balaban J connectivity index is 1.99. The van der Waals surface area contributed by atoms with E-state index in [2.05, 4.69) is 10.1 Å². The van der Waals surface area contributed by atoms with Crippen LogP contribution in [0.4, 0.5) is 0 Å². The van der Waals surface area contributed by atoms with E-state index < -0.39 is 0 Å². The van der Waals surface area contributed by atoms with E-state index >= 15 is 0 Å². The van der Waals surface area contributed by atoms with Crippen LogP contribution in [0, 0.1) is 0 Å². The van der Waals surface area contributed by atoms with Gasteiger partial charge in [-0.3, -0.25) is 4.79 Å². The maximum Gasteiger partial charge on any atom is 0.154 e. The third-order valence-electron chi connectivity index (χ3n) is 2.64. The second kappa shape index (κ2) is 5.91. The second-order valence-corrected chi connectivity index (χ2v) is 6.75. The molecule has 1 unspecified atom stereocenters. The zero-order valence-electron chi connectivity index (χ0n) is 10.1. The van der Waals surface area contributed by atoms with Crippen molar-refractivity contribution in [2.75, 3.05) is 17.3 Å². The zero-order chi connectivity index (χ0) is 12.3. The Hall–Kier alpha value is -0.490. The summed E-state index contributed by atoms with van der Waals surface area (Å²) >= 11 is 3.65. The minimum absolute atomic E-state index is 0.145. The summed E-state index contributed by atoms with van der Waals surface area (Å²) in [5, 5.41) is 4.30. The van der Waals surface area contributed by atoms with Gasteiger partial charge in [0.2, 0.25) is 0 Å². The van der Waals surface area contributed by atoms with Gasteiger partial charge in [-0.15, -0.1) is 11.8 Å². The van der Waals surface area contributed by atoms with Gasteiger partial charge in [-0.25, -0.2) is 9.67 Å². The number of ketones is 1. The summed E-state index contributed by atoms with van der Waals surface area (Å²) in [6, 6.07) is 0.258. The molecule has 17 heavy (non-hydrogen) atoms. The molecule has 0 aliphatic carbocycles. The second-order valence-electron chi connectivity index (χ2n) is 4.29. The van der Waals surface area contributed by atoms with Crippen LogP contribution in [-0.4, -0.2) is 43.1 Å². The minimum atomic E-state index is 0.145. The van der Waals surface area contributed by atoms with Crippen molar-refractivity contribution < 1.29 is 4.79 Å². The van der Waals surface area contributed by atoms with Crippen LogP contribution in [-0.2, 0) is 11.2 Å². The van der Waals surface area contributed by atoms with E-state index in [9.17, 15) is 4.79 Å². The van der Waals surface area contributed by atoms with Crippen molar-refractivity contribution in [1.29, 1.82) is 0 Å². The molecule has 0 N–H and O–H groups in total. The summed E-state index contributed by atoms with van der Waals surface area (Å²) < 4.78 is 1.83. The number of thioether (sulfide) groups is 2. The molecule has 6 heteroatoms. The Morgan fingerprint density at radius 3 is 3.06 bits per heavy atom. The van der Waals surface area contributed by atoms with Gasteiger partial charge >= 0.3 is 0 Å². The average Bonchev–Trinajstić information content (AvgIpc) is 2.78. The lowest BCUT2D eigenvalue weighted by Crippen LogP contribution is -2.27. The lowest BCUT2D eigenvalue weighted by atomic mass is 10.2. The highest BCUT2D eigenvalue weighted by molar-refractivity contribution is 8.07. The number of carbonyl (C=O) groups excluding carboxylic acids is 1. The molecule has 1 aliphatic heterocycles. The van der Waals surface area contributed by atoms with E-state index in [1.807, 2.05) is 30.3 Å². The molecule has 4 nitrogen and oxygen atoms in total. The number of aromatic nitrogens is 3. The molecule has 2 heterocycles. The number of rotatable bonds is 4. The highest BCUT2D eigenvalue weighted by Crippen LogP contribution is 2.25. The van der Waals surface area contributed by atoms with Crippen molar-refractivity contribution in [3.63, 3.8) is 0 Å². The summed E-state index contributed by atoms with van der Waals surface area (Å²) in [7, 11) is 0. The van der Waals surface area contributed by atoms with Crippen LogP contribution in [0.15, 0.2) is 6.33 Å². The van der Waals surface area contributed by atoms with Gasteiger partial charge in [-0.1, -0.05) is 0 Å². The molecule has 1 fully saturated rings. The number of hydrogen-bond acceptors (Lipinski definition) is 5. The van der Waals surface area contributed by atoms with Crippen molar-refractivity contribution in [3.05, 3.63) is 12.2 Å². The predicted octanol–water partition coefficient (Wildman–Crippen LogP) is 1.82. The SMILES string of the molecule is CC(C)n1ncnc1CC(=O)C1CSCCS1. The molecule has 0 spiro atoms. The van der Waals surface area contributed by atoms with Crippen LogP contribution in [0.1, 0.15) is 25.7 Å². The van der Waals surface area contributed by atoms with Crippen molar-refractivity contribution in [3.8, 4) is 0 Å². The molecule has 0 amide bonds. The Labute approximate surface area is 110 Å². The van der Waals surface area contributed by atoms with Crippen molar-refractivity contribution in [2.45, 2.75) is 31.6 Å². The summed E-state index contributed by atoms with van der Waals surface area (Å²) in [4.78, 5) is 16.3. The first-order valence-electron chi connectivity index (χ1n) is 5.79. The Bertz CT molecular complexity index is 386. The summed E-state index contributed by atoms with van der Waals surface area (Å²) in [6.45, 7) is 4.10. The van der Waals surface area contributed by atoms with Gasteiger partial charge in [0.25, 0.3) is 0 Å². The molecule has 0 saturated carbocycles. The highest BCUT2D eigenvalue weighted by Gasteiger charge is 2.24. The first-order chi connectivity index (χ1) is 8.18. The van der Waals surface area contributed by atoms with E-state index in [1.165, 1.54) is 6.33 Å². The first-order valence-corrected chi connectivity index (χ1v) is 7.99. The molecule has 0 bridgehead atoms.